The molecule has 4 amide bonds. The minimum Gasteiger partial charge on any atom is -0.326 e. The Bertz CT molecular complexity index is 1250. The van der Waals surface area contributed by atoms with Crippen molar-refractivity contribution >= 4 is 29.2 Å². The second-order valence-electron chi connectivity index (χ2n) is 8.11. The first-order valence-electron chi connectivity index (χ1n) is 10.8. The second kappa shape index (κ2) is 9.82. The molecule has 1 saturated heterocycles. The van der Waals surface area contributed by atoms with Crippen LogP contribution in [0.5, 0.6) is 0 Å². The van der Waals surface area contributed by atoms with E-state index in [0.29, 0.717) is 11.3 Å². The fourth-order valence-corrected chi connectivity index (χ4v) is 3.99. The summed E-state index contributed by atoms with van der Waals surface area (Å²) in [7, 11) is 0. The molecule has 1 aliphatic heterocycles. The highest BCUT2D eigenvalue weighted by Gasteiger charge is 2.46. The minimum absolute atomic E-state index is 0.0474. The van der Waals surface area contributed by atoms with E-state index in [-0.39, 0.29) is 25.1 Å². The number of imide groups is 1. The van der Waals surface area contributed by atoms with Crippen LogP contribution in [0.3, 0.4) is 0 Å². The maximum Gasteiger partial charge on any atom is 0.332 e. The molecule has 1 N–H and O–H groups in total. The number of hydrogen-bond acceptors (Lipinski definition) is 3. The topological polar surface area (TPSA) is 69.7 Å². The van der Waals surface area contributed by atoms with Gasteiger partial charge in [0.1, 0.15) is 17.7 Å². The Hall–Kier alpha value is -4.07. The number of amides is 4. The average molecular weight is 463 g/mol. The van der Waals surface area contributed by atoms with Crippen molar-refractivity contribution in [2.45, 2.75) is 25.8 Å². The van der Waals surface area contributed by atoms with Gasteiger partial charge in [-0.2, -0.15) is 0 Å². The zero-order chi connectivity index (χ0) is 24.2. The molecule has 0 aliphatic carbocycles. The van der Waals surface area contributed by atoms with Crippen molar-refractivity contribution in [1.82, 2.24) is 4.90 Å². The van der Waals surface area contributed by atoms with Crippen molar-refractivity contribution in [1.29, 1.82) is 0 Å². The molecule has 4 rings (SSSR count). The molecule has 1 aliphatic rings. The Balaban J connectivity index is 1.58. The summed E-state index contributed by atoms with van der Waals surface area (Å²) in [5, 5.41) is 2.56. The van der Waals surface area contributed by atoms with Gasteiger partial charge in [-0.05, 0) is 60.9 Å². The minimum atomic E-state index is -1.08. The molecule has 0 aromatic heterocycles. The third-order valence-corrected chi connectivity index (χ3v) is 5.65. The Morgan fingerprint density at radius 1 is 0.971 bits per heavy atom. The Morgan fingerprint density at radius 2 is 1.74 bits per heavy atom. The highest BCUT2D eigenvalue weighted by Crippen LogP contribution is 2.28. The second-order valence-corrected chi connectivity index (χ2v) is 8.11. The van der Waals surface area contributed by atoms with E-state index < -0.39 is 35.5 Å². The molecule has 6 nitrogen and oxygen atoms in total. The first-order chi connectivity index (χ1) is 16.3. The van der Waals surface area contributed by atoms with Crippen LogP contribution in [0.2, 0.25) is 0 Å². The molecule has 0 bridgehead atoms. The van der Waals surface area contributed by atoms with Crippen molar-refractivity contribution in [2.24, 2.45) is 0 Å². The predicted octanol–water partition coefficient (Wildman–Crippen LogP) is 4.68. The lowest BCUT2D eigenvalue weighted by atomic mass is 10.1. The number of hydrogen-bond donors (Lipinski definition) is 1. The molecule has 1 fully saturated rings. The predicted molar refractivity (Wildman–Crippen MR) is 124 cm³/mol. The van der Waals surface area contributed by atoms with E-state index in [4.69, 9.17) is 0 Å². The molecule has 34 heavy (non-hydrogen) atoms. The van der Waals surface area contributed by atoms with E-state index >= 15 is 0 Å². The van der Waals surface area contributed by atoms with Gasteiger partial charge in [-0.25, -0.2) is 18.5 Å². The SMILES string of the molecule is Cc1cccc(N2C(=O)[C@H](CC(=O)Nc3cccc(F)c3)N(CCc3ccccc3F)C2=O)c1. The lowest BCUT2D eigenvalue weighted by Crippen LogP contribution is -2.39. The van der Waals surface area contributed by atoms with Crippen molar-refractivity contribution in [3.8, 4) is 0 Å². The Morgan fingerprint density at radius 3 is 2.47 bits per heavy atom. The fraction of sp³-hybridized carbons (Fsp3) is 0.192. The van der Waals surface area contributed by atoms with Gasteiger partial charge in [0.15, 0.2) is 0 Å². The number of aryl methyl sites for hydroxylation is 1. The monoisotopic (exact) mass is 463 g/mol. The third kappa shape index (κ3) is 4.96. The summed E-state index contributed by atoms with van der Waals surface area (Å²) in [6, 6.07) is 16.9. The number of halogens is 2. The highest BCUT2D eigenvalue weighted by atomic mass is 19.1. The van der Waals surface area contributed by atoms with Crippen LogP contribution < -0.4 is 10.2 Å². The summed E-state index contributed by atoms with van der Waals surface area (Å²) >= 11 is 0. The van der Waals surface area contributed by atoms with Crippen molar-refractivity contribution in [2.75, 3.05) is 16.8 Å². The van der Waals surface area contributed by atoms with Crippen LogP contribution in [0.15, 0.2) is 72.8 Å². The van der Waals surface area contributed by atoms with E-state index in [1.54, 1.807) is 36.4 Å². The van der Waals surface area contributed by atoms with E-state index in [2.05, 4.69) is 5.32 Å². The molecule has 8 heteroatoms. The number of nitrogens with one attached hydrogen (secondary N) is 1. The number of benzene rings is 3. The Labute approximate surface area is 195 Å². The van der Waals surface area contributed by atoms with Gasteiger partial charge in [0.2, 0.25) is 5.91 Å². The van der Waals surface area contributed by atoms with Gasteiger partial charge < -0.3 is 10.2 Å². The van der Waals surface area contributed by atoms with E-state index in [9.17, 15) is 23.2 Å². The highest BCUT2D eigenvalue weighted by molar-refractivity contribution is 6.22. The number of nitrogens with zero attached hydrogens (tertiary/aromatic N) is 2. The first-order valence-corrected chi connectivity index (χ1v) is 10.8. The standard InChI is InChI=1S/C26H23F2N3O3/c1-17-6-4-10-21(14-17)31-25(33)23(16-24(32)29-20-9-5-8-19(27)15-20)30(26(31)34)13-12-18-7-2-3-11-22(18)28/h2-11,14-15,23H,12-13,16H2,1H3,(H,29,32)/t23-/m0/s1. The van der Waals surface area contributed by atoms with Gasteiger partial charge in [-0.3, -0.25) is 9.59 Å². The molecule has 1 atom stereocenters. The smallest absolute Gasteiger partial charge is 0.326 e. The molecule has 3 aromatic carbocycles. The largest absolute Gasteiger partial charge is 0.332 e. The van der Waals surface area contributed by atoms with Crippen LogP contribution >= 0.6 is 0 Å². The van der Waals surface area contributed by atoms with E-state index in [1.165, 1.54) is 29.2 Å². The zero-order valence-corrected chi connectivity index (χ0v) is 18.5. The van der Waals surface area contributed by atoms with Crippen molar-refractivity contribution in [3.63, 3.8) is 0 Å². The van der Waals surface area contributed by atoms with Crippen LogP contribution in [0.1, 0.15) is 17.5 Å². The first kappa shape index (κ1) is 23.1. The third-order valence-electron chi connectivity index (χ3n) is 5.65. The van der Waals surface area contributed by atoms with Gasteiger partial charge in [0.05, 0.1) is 12.1 Å². The molecule has 0 saturated carbocycles. The van der Waals surface area contributed by atoms with Gasteiger partial charge in [-0.15, -0.1) is 0 Å². The van der Waals surface area contributed by atoms with Crippen LogP contribution in [0.25, 0.3) is 0 Å². The van der Waals surface area contributed by atoms with Crippen LogP contribution in [-0.4, -0.2) is 35.3 Å². The molecule has 174 valence electrons. The molecule has 0 radical (unpaired) electrons. The molecule has 3 aromatic rings. The lowest BCUT2D eigenvalue weighted by molar-refractivity contribution is -0.124. The summed E-state index contributed by atoms with van der Waals surface area (Å²) in [5.74, 6) is -2.00. The molecular formula is C26H23F2N3O3. The molecule has 0 spiro atoms. The quantitative estimate of drug-likeness (QED) is 0.517. The van der Waals surface area contributed by atoms with E-state index in [1.807, 2.05) is 13.0 Å². The maximum absolute atomic E-state index is 14.1. The van der Waals surface area contributed by atoms with Gasteiger partial charge in [-0.1, -0.05) is 36.4 Å². The maximum atomic E-state index is 14.1. The van der Waals surface area contributed by atoms with Crippen molar-refractivity contribution in [3.05, 3.63) is 95.6 Å². The number of rotatable bonds is 7. The normalized spacial score (nSPS) is 15.7. The van der Waals surface area contributed by atoms with Gasteiger partial charge >= 0.3 is 6.03 Å². The summed E-state index contributed by atoms with van der Waals surface area (Å²) < 4.78 is 27.6. The molecule has 1 heterocycles. The van der Waals surface area contributed by atoms with Crippen LogP contribution in [0.4, 0.5) is 25.0 Å². The summed E-state index contributed by atoms with van der Waals surface area (Å²) in [6.45, 7) is 1.89. The number of carbonyl (C=O) groups is 3. The van der Waals surface area contributed by atoms with Gasteiger partial charge in [0, 0.05) is 12.2 Å². The summed E-state index contributed by atoms with van der Waals surface area (Å²) in [5.41, 5.74) is 1.91. The number of carbonyl (C=O) groups excluding carboxylic acids is 3. The van der Waals surface area contributed by atoms with E-state index in [0.717, 1.165) is 16.5 Å². The molecular weight excluding hydrogens is 440 g/mol. The lowest BCUT2D eigenvalue weighted by Gasteiger charge is -2.21. The van der Waals surface area contributed by atoms with Gasteiger partial charge in [0.25, 0.3) is 5.91 Å². The zero-order valence-electron chi connectivity index (χ0n) is 18.5. The Kier molecular flexibility index (Phi) is 6.67. The summed E-state index contributed by atoms with van der Waals surface area (Å²) in [6.07, 6.45) is -0.143. The summed E-state index contributed by atoms with van der Waals surface area (Å²) in [4.78, 5) is 41.6. The number of anilines is 2. The average Bonchev–Trinajstić information content (AvgIpc) is 3.02. The van der Waals surface area contributed by atoms with Crippen LogP contribution in [-0.2, 0) is 16.0 Å². The van der Waals surface area contributed by atoms with Crippen molar-refractivity contribution < 1.29 is 23.2 Å². The van der Waals surface area contributed by atoms with Crippen LogP contribution in [0, 0.1) is 18.6 Å². The fourth-order valence-electron chi connectivity index (χ4n) is 3.99. The molecule has 0 unspecified atom stereocenters. The number of urea groups is 1.